The third kappa shape index (κ3) is 1.72. The molecule has 4 heteroatoms. The molecule has 1 N–H and O–H groups in total. The number of carbonyl (C=O) groups is 2. The lowest BCUT2D eigenvalue weighted by Crippen LogP contribution is -2.40. The van der Waals surface area contributed by atoms with E-state index < -0.39 is 0 Å². The van der Waals surface area contributed by atoms with Gasteiger partial charge < -0.3 is 5.32 Å². The fourth-order valence-corrected chi connectivity index (χ4v) is 5.11. The van der Waals surface area contributed by atoms with Crippen molar-refractivity contribution in [1.29, 1.82) is 0 Å². The Morgan fingerprint density at radius 2 is 1.65 bits per heavy atom. The Bertz CT molecular complexity index is 705. The van der Waals surface area contributed by atoms with Crippen LogP contribution in [-0.2, 0) is 9.59 Å². The highest BCUT2D eigenvalue weighted by atomic mass is 16.2. The second-order valence-electron chi connectivity index (χ2n) is 7.41. The molecule has 0 unspecified atom stereocenters. The zero-order valence-corrected chi connectivity index (χ0v) is 13.1. The van der Waals surface area contributed by atoms with Crippen molar-refractivity contribution in [3.8, 4) is 0 Å². The molecule has 6 rings (SSSR count). The maximum atomic E-state index is 12.8. The molecule has 1 saturated heterocycles. The van der Waals surface area contributed by atoms with Crippen LogP contribution in [0.5, 0.6) is 0 Å². The molecule has 2 bridgehead atoms. The van der Waals surface area contributed by atoms with Crippen LogP contribution in [0.3, 0.4) is 0 Å². The molecule has 23 heavy (non-hydrogen) atoms. The maximum Gasteiger partial charge on any atom is 0.235 e. The zero-order chi connectivity index (χ0) is 15.7. The smallest absolute Gasteiger partial charge is 0.235 e. The fraction of sp³-hybridized carbons (Fsp3) is 0.474. The van der Waals surface area contributed by atoms with Gasteiger partial charge in [0.25, 0.3) is 0 Å². The second kappa shape index (κ2) is 4.47. The molecule has 118 valence electrons. The van der Waals surface area contributed by atoms with Crippen LogP contribution in [0.2, 0.25) is 0 Å². The Morgan fingerprint density at radius 1 is 1.04 bits per heavy atom. The van der Waals surface area contributed by atoms with Crippen molar-refractivity contribution >= 4 is 17.5 Å². The van der Waals surface area contributed by atoms with Crippen molar-refractivity contribution < 1.29 is 9.59 Å². The molecule has 2 saturated carbocycles. The van der Waals surface area contributed by atoms with Crippen molar-refractivity contribution in [3.05, 3.63) is 42.0 Å². The van der Waals surface area contributed by atoms with Gasteiger partial charge in [-0.25, -0.2) is 0 Å². The first kappa shape index (κ1) is 13.3. The normalized spacial score (nSPS) is 39.4. The van der Waals surface area contributed by atoms with Gasteiger partial charge in [0.15, 0.2) is 0 Å². The molecule has 1 aliphatic heterocycles. The second-order valence-corrected chi connectivity index (χ2v) is 7.41. The molecule has 0 spiro atoms. The van der Waals surface area contributed by atoms with Crippen LogP contribution < -0.4 is 5.32 Å². The van der Waals surface area contributed by atoms with Gasteiger partial charge >= 0.3 is 0 Å². The van der Waals surface area contributed by atoms with Gasteiger partial charge in [-0.2, -0.15) is 0 Å². The van der Waals surface area contributed by atoms with E-state index in [0.717, 1.165) is 11.3 Å². The summed E-state index contributed by atoms with van der Waals surface area (Å²) in [5.74, 6) is 1.79. The van der Waals surface area contributed by atoms with Gasteiger partial charge in [0.2, 0.25) is 11.8 Å². The lowest BCUT2D eigenvalue weighted by atomic mass is 9.63. The van der Waals surface area contributed by atoms with Crippen molar-refractivity contribution in [2.75, 3.05) is 12.0 Å². The number of likely N-dealkylation sites (tertiary alicyclic amines) is 1. The Balaban J connectivity index is 1.38. The van der Waals surface area contributed by atoms with Crippen LogP contribution in [0, 0.1) is 42.4 Å². The van der Waals surface area contributed by atoms with E-state index >= 15 is 0 Å². The lowest BCUT2D eigenvalue weighted by Gasteiger charge is -2.37. The molecule has 0 aromatic heterocycles. The summed E-state index contributed by atoms with van der Waals surface area (Å²) in [5.41, 5.74) is 2.10. The Morgan fingerprint density at radius 3 is 2.26 bits per heavy atom. The number of hydrogen-bond donors (Lipinski definition) is 1. The molecule has 5 aliphatic rings. The highest BCUT2D eigenvalue weighted by Crippen LogP contribution is 2.65. The number of nitrogens with zero attached hydrogens (tertiary/aromatic N) is 1. The van der Waals surface area contributed by atoms with Gasteiger partial charge in [-0.1, -0.05) is 30.4 Å². The summed E-state index contributed by atoms with van der Waals surface area (Å²) in [5, 5.41) is 3.26. The Labute approximate surface area is 135 Å². The molecule has 2 amide bonds. The third-order valence-electron chi connectivity index (χ3n) is 6.33. The number of anilines is 1. The summed E-state index contributed by atoms with van der Waals surface area (Å²) in [7, 11) is 0. The monoisotopic (exact) mass is 308 g/mol. The highest BCUT2D eigenvalue weighted by molar-refractivity contribution is 6.06. The minimum Gasteiger partial charge on any atom is -0.367 e. The summed E-state index contributed by atoms with van der Waals surface area (Å²) in [6.07, 6.45) is 5.63. The number of carbonyl (C=O) groups excluding carboxylic acids is 2. The third-order valence-corrected chi connectivity index (χ3v) is 6.33. The van der Waals surface area contributed by atoms with Crippen LogP contribution in [0.1, 0.15) is 12.0 Å². The van der Waals surface area contributed by atoms with Crippen LogP contribution in [0.15, 0.2) is 36.4 Å². The fourth-order valence-electron chi connectivity index (χ4n) is 5.11. The minimum atomic E-state index is -0.0973. The standard InChI is InChI=1S/C19H20N2O2/c1-10-4-2-3-5-15(10)20-9-21-18(22)16-11-6-7-12(14-8-13(11)14)17(16)19(21)23/h2-7,11-14,16-17,20H,8-9H2,1H3/t11-,12+,13-,14-,16+,17-/m1/s1. The summed E-state index contributed by atoms with van der Waals surface area (Å²) in [4.78, 5) is 27.1. The van der Waals surface area contributed by atoms with Gasteiger partial charge in [0.05, 0.1) is 18.5 Å². The zero-order valence-electron chi connectivity index (χ0n) is 13.1. The number of allylic oxidation sites excluding steroid dienone is 2. The van der Waals surface area contributed by atoms with E-state index in [1.807, 2.05) is 31.2 Å². The molecule has 4 nitrogen and oxygen atoms in total. The van der Waals surface area contributed by atoms with E-state index in [1.54, 1.807) is 0 Å². The first-order chi connectivity index (χ1) is 11.2. The molecule has 0 radical (unpaired) electrons. The number of benzene rings is 1. The number of hydrogen-bond acceptors (Lipinski definition) is 3. The average molecular weight is 308 g/mol. The van der Waals surface area contributed by atoms with Crippen LogP contribution >= 0.6 is 0 Å². The molecule has 1 aromatic carbocycles. The van der Waals surface area contributed by atoms with Crippen molar-refractivity contribution in [2.45, 2.75) is 13.3 Å². The number of rotatable bonds is 3. The van der Waals surface area contributed by atoms with E-state index in [2.05, 4.69) is 17.5 Å². The quantitative estimate of drug-likeness (QED) is 0.689. The van der Waals surface area contributed by atoms with E-state index in [1.165, 1.54) is 11.3 Å². The molecule has 6 atom stereocenters. The van der Waals surface area contributed by atoms with Crippen LogP contribution in [0.25, 0.3) is 0 Å². The number of aryl methyl sites for hydroxylation is 1. The van der Waals surface area contributed by atoms with E-state index in [9.17, 15) is 9.59 Å². The van der Waals surface area contributed by atoms with Crippen LogP contribution in [0.4, 0.5) is 5.69 Å². The maximum absolute atomic E-state index is 12.8. The van der Waals surface area contributed by atoms with Gasteiger partial charge in [0.1, 0.15) is 0 Å². The lowest BCUT2D eigenvalue weighted by molar-refractivity contribution is -0.139. The van der Waals surface area contributed by atoms with Gasteiger partial charge in [0, 0.05) is 5.69 Å². The highest BCUT2D eigenvalue weighted by Gasteiger charge is 2.66. The predicted molar refractivity (Wildman–Crippen MR) is 86.2 cm³/mol. The predicted octanol–water partition coefficient (Wildman–Crippen LogP) is 2.42. The Kier molecular flexibility index (Phi) is 2.59. The summed E-state index contributed by atoms with van der Waals surface area (Å²) >= 11 is 0. The molecule has 3 fully saturated rings. The number of para-hydroxylation sites is 1. The molecular weight excluding hydrogens is 288 g/mol. The van der Waals surface area contributed by atoms with Crippen LogP contribution in [-0.4, -0.2) is 23.4 Å². The first-order valence-electron chi connectivity index (χ1n) is 8.50. The summed E-state index contributed by atoms with van der Waals surface area (Å²) in [6, 6.07) is 7.94. The largest absolute Gasteiger partial charge is 0.367 e. The number of nitrogens with one attached hydrogen (secondary N) is 1. The van der Waals surface area contributed by atoms with Crippen molar-refractivity contribution in [3.63, 3.8) is 0 Å². The average Bonchev–Trinajstić information content (AvgIpc) is 3.33. The molecular formula is C19H20N2O2. The van der Waals surface area contributed by atoms with Gasteiger partial charge in [-0.15, -0.1) is 0 Å². The van der Waals surface area contributed by atoms with E-state index in [0.29, 0.717) is 23.7 Å². The molecule has 1 heterocycles. The first-order valence-corrected chi connectivity index (χ1v) is 8.50. The van der Waals surface area contributed by atoms with Gasteiger partial charge in [-0.3, -0.25) is 14.5 Å². The van der Waals surface area contributed by atoms with Crippen molar-refractivity contribution in [1.82, 2.24) is 4.90 Å². The summed E-state index contributed by atoms with van der Waals surface area (Å²) in [6.45, 7) is 2.30. The number of imide groups is 1. The molecule has 1 aromatic rings. The summed E-state index contributed by atoms with van der Waals surface area (Å²) < 4.78 is 0. The molecule has 4 aliphatic carbocycles. The number of amides is 2. The van der Waals surface area contributed by atoms with Crippen molar-refractivity contribution in [2.24, 2.45) is 35.5 Å². The van der Waals surface area contributed by atoms with E-state index in [4.69, 9.17) is 0 Å². The topological polar surface area (TPSA) is 49.4 Å². The van der Waals surface area contributed by atoms with Gasteiger partial charge in [-0.05, 0) is 48.6 Å². The SMILES string of the molecule is Cc1ccccc1NCN1C(=O)[C@@H]2[C@H]3C=C[C@H]([C@H]4C[C@H]34)[C@@H]2C1=O. The minimum absolute atomic E-state index is 0.0331. The Hall–Kier alpha value is -2.10. The van der Waals surface area contributed by atoms with E-state index in [-0.39, 0.29) is 30.3 Å².